The van der Waals surface area contributed by atoms with Gasteiger partial charge in [0.05, 0.1) is 51.8 Å². The van der Waals surface area contributed by atoms with Gasteiger partial charge in [0.15, 0.2) is 0 Å². The minimum absolute atomic E-state index is 0.0181. The van der Waals surface area contributed by atoms with Gasteiger partial charge in [0.25, 0.3) is 0 Å². The predicted molar refractivity (Wildman–Crippen MR) is 132 cm³/mol. The lowest BCUT2D eigenvalue weighted by molar-refractivity contribution is -0.146. The average molecular weight is 491 g/mol. The van der Waals surface area contributed by atoms with E-state index in [2.05, 4.69) is 13.8 Å². The van der Waals surface area contributed by atoms with Crippen molar-refractivity contribution >= 4 is 11.9 Å². The molecule has 0 aromatic carbocycles. The van der Waals surface area contributed by atoms with Gasteiger partial charge in [-0.3, -0.25) is 9.59 Å². The number of carbonyl (C=O) groups excluding carboxylic acids is 2. The van der Waals surface area contributed by atoms with Crippen LogP contribution in [-0.4, -0.2) is 77.0 Å². The largest absolute Gasteiger partial charge is 0.466 e. The van der Waals surface area contributed by atoms with Crippen molar-refractivity contribution < 1.29 is 38.0 Å². The van der Waals surface area contributed by atoms with Gasteiger partial charge >= 0.3 is 11.9 Å². The molecule has 2 atom stereocenters. The van der Waals surface area contributed by atoms with Crippen LogP contribution in [0.2, 0.25) is 0 Å². The standard InChI is InChI=1S/C26H50O8/c1-5-7-15-29-19-21-31-23(3)13-17-33-25(27)11-9-10-12-26(28)34-18-14-24(4)32-22-20-30-16-8-6-2/h23-24H,5-22H2,1-4H3. The monoisotopic (exact) mass is 490 g/mol. The molecular formula is C26H50O8. The Kier molecular flexibility index (Phi) is 24.0. The molecule has 0 aromatic heterocycles. The van der Waals surface area contributed by atoms with Gasteiger partial charge in [0.2, 0.25) is 0 Å². The molecule has 0 heterocycles. The highest BCUT2D eigenvalue weighted by Crippen LogP contribution is 2.06. The van der Waals surface area contributed by atoms with E-state index in [1.165, 1.54) is 0 Å². The van der Waals surface area contributed by atoms with Crippen LogP contribution in [0.25, 0.3) is 0 Å². The van der Waals surface area contributed by atoms with Gasteiger partial charge in [0.1, 0.15) is 0 Å². The van der Waals surface area contributed by atoms with E-state index in [1.54, 1.807) is 0 Å². The Labute approximate surface area is 207 Å². The second kappa shape index (κ2) is 24.9. The molecule has 8 heteroatoms. The van der Waals surface area contributed by atoms with Crippen LogP contribution in [0.1, 0.15) is 91.9 Å². The zero-order valence-corrected chi connectivity index (χ0v) is 22.1. The first kappa shape index (κ1) is 32.8. The predicted octanol–water partition coefficient (Wildman–Crippen LogP) is 4.86. The van der Waals surface area contributed by atoms with Gasteiger partial charge in [-0.05, 0) is 39.5 Å². The fourth-order valence-electron chi connectivity index (χ4n) is 2.84. The zero-order valence-electron chi connectivity index (χ0n) is 22.1. The fourth-order valence-corrected chi connectivity index (χ4v) is 2.84. The first-order valence-electron chi connectivity index (χ1n) is 13.2. The summed E-state index contributed by atoms with van der Waals surface area (Å²) in [5.74, 6) is -0.485. The SMILES string of the molecule is CCCCOCCOC(C)CCOC(=O)CCCCC(=O)OCCC(C)OCCOCCCC. The molecule has 0 rings (SSSR count). The Balaban J connectivity index is 3.51. The lowest BCUT2D eigenvalue weighted by Crippen LogP contribution is -2.17. The van der Waals surface area contributed by atoms with Gasteiger partial charge in [-0.15, -0.1) is 0 Å². The Morgan fingerprint density at radius 3 is 1.35 bits per heavy atom. The van der Waals surface area contributed by atoms with Gasteiger partial charge in [0, 0.05) is 38.9 Å². The molecule has 0 bridgehead atoms. The molecule has 202 valence electrons. The number of unbranched alkanes of at least 4 members (excludes halogenated alkanes) is 3. The highest BCUT2D eigenvalue weighted by atomic mass is 16.5. The molecule has 0 saturated heterocycles. The molecule has 2 unspecified atom stereocenters. The van der Waals surface area contributed by atoms with Crippen LogP contribution in [0.4, 0.5) is 0 Å². The zero-order chi connectivity index (χ0) is 25.3. The summed E-state index contributed by atoms with van der Waals surface area (Å²) in [6.07, 6.45) is 7.54. The normalized spacial score (nSPS) is 12.9. The number of hydrogen-bond donors (Lipinski definition) is 0. The Hall–Kier alpha value is -1.22. The van der Waals surface area contributed by atoms with Gasteiger partial charge in [-0.25, -0.2) is 0 Å². The van der Waals surface area contributed by atoms with Gasteiger partial charge in [-0.1, -0.05) is 26.7 Å². The van der Waals surface area contributed by atoms with E-state index in [0.29, 0.717) is 78.2 Å². The topological polar surface area (TPSA) is 89.5 Å². The number of rotatable bonds is 25. The summed E-state index contributed by atoms with van der Waals surface area (Å²) in [7, 11) is 0. The first-order chi connectivity index (χ1) is 16.5. The van der Waals surface area contributed by atoms with Crippen LogP contribution >= 0.6 is 0 Å². The summed E-state index contributed by atoms with van der Waals surface area (Å²) in [5, 5.41) is 0. The number of hydrogen-bond acceptors (Lipinski definition) is 8. The minimum Gasteiger partial charge on any atom is -0.466 e. The van der Waals surface area contributed by atoms with Gasteiger partial charge in [-0.2, -0.15) is 0 Å². The van der Waals surface area contributed by atoms with Crippen LogP contribution in [0.5, 0.6) is 0 Å². The molecule has 0 amide bonds. The maximum Gasteiger partial charge on any atom is 0.305 e. The highest BCUT2D eigenvalue weighted by Gasteiger charge is 2.09. The Bertz CT molecular complexity index is 430. The van der Waals surface area contributed by atoms with Crippen molar-refractivity contribution in [3.05, 3.63) is 0 Å². The number of esters is 2. The highest BCUT2D eigenvalue weighted by molar-refractivity contribution is 5.70. The van der Waals surface area contributed by atoms with E-state index in [-0.39, 0.29) is 24.1 Å². The second-order valence-electron chi connectivity index (χ2n) is 8.52. The summed E-state index contributed by atoms with van der Waals surface area (Å²) >= 11 is 0. The van der Waals surface area contributed by atoms with Crippen LogP contribution in [0.3, 0.4) is 0 Å². The van der Waals surface area contributed by atoms with Crippen molar-refractivity contribution in [2.24, 2.45) is 0 Å². The molecule has 8 nitrogen and oxygen atoms in total. The molecule has 0 aromatic rings. The molecule has 0 aliphatic rings. The van der Waals surface area contributed by atoms with Crippen LogP contribution in [0.15, 0.2) is 0 Å². The summed E-state index contributed by atoms with van der Waals surface area (Å²) < 4.78 is 32.6. The van der Waals surface area contributed by atoms with E-state index in [1.807, 2.05) is 13.8 Å². The van der Waals surface area contributed by atoms with Crippen molar-refractivity contribution in [1.29, 1.82) is 0 Å². The molecular weight excluding hydrogens is 440 g/mol. The van der Waals surface area contributed by atoms with Crippen molar-refractivity contribution in [2.45, 2.75) is 104 Å². The van der Waals surface area contributed by atoms with E-state index in [4.69, 9.17) is 28.4 Å². The lowest BCUT2D eigenvalue weighted by atomic mass is 10.2. The third kappa shape index (κ3) is 23.9. The first-order valence-corrected chi connectivity index (χ1v) is 13.2. The van der Waals surface area contributed by atoms with E-state index < -0.39 is 0 Å². The lowest BCUT2D eigenvalue weighted by Gasteiger charge is -2.13. The summed E-state index contributed by atoms with van der Waals surface area (Å²) in [6.45, 7) is 12.7. The maximum absolute atomic E-state index is 11.8. The molecule has 0 aliphatic carbocycles. The number of ether oxygens (including phenoxy) is 6. The molecule has 0 radical (unpaired) electrons. The van der Waals surface area contributed by atoms with E-state index in [9.17, 15) is 9.59 Å². The average Bonchev–Trinajstić information content (AvgIpc) is 2.81. The van der Waals surface area contributed by atoms with Crippen LogP contribution in [0, 0.1) is 0 Å². The third-order valence-electron chi connectivity index (χ3n) is 5.13. The Morgan fingerprint density at radius 1 is 0.559 bits per heavy atom. The van der Waals surface area contributed by atoms with Crippen molar-refractivity contribution in [3.63, 3.8) is 0 Å². The maximum atomic E-state index is 11.8. The van der Waals surface area contributed by atoms with Gasteiger partial charge < -0.3 is 28.4 Å². The molecule has 0 spiro atoms. The summed E-state index contributed by atoms with van der Waals surface area (Å²) in [4.78, 5) is 23.6. The van der Waals surface area contributed by atoms with Crippen LogP contribution in [-0.2, 0) is 38.0 Å². The third-order valence-corrected chi connectivity index (χ3v) is 5.13. The van der Waals surface area contributed by atoms with Crippen molar-refractivity contribution in [2.75, 3.05) is 52.9 Å². The summed E-state index contributed by atoms with van der Waals surface area (Å²) in [5.41, 5.74) is 0. The molecule has 0 N–H and O–H groups in total. The molecule has 0 saturated carbocycles. The molecule has 0 aliphatic heterocycles. The fraction of sp³-hybridized carbons (Fsp3) is 0.923. The Morgan fingerprint density at radius 2 is 0.971 bits per heavy atom. The molecule has 34 heavy (non-hydrogen) atoms. The number of carbonyl (C=O) groups is 2. The van der Waals surface area contributed by atoms with Crippen LogP contribution < -0.4 is 0 Å². The minimum atomic E-state index is -0.242. The summed E-state index contributed by atoms with van der Waals surface area (Å²) in [6, 6.07) is 0. The quantitative estimate of drug-likeness (QED) is 0.132. The van der Waals surface area contributed by atoms with Crippen molar-refractivity contribution in [1.82, 2.24) is 0 Å². The van der Waals surface area contributed by atoms with E-state index in [0.717, 1.165) is 38.9 Å². The van der Waals surface area contributed by atoms with E-state index >= 15 is 0 Å². The van der Waals surface area contributed by atoms with Crippen molar-refractivity contribution in [3.8, 4) is 0 Å². The smallest absolute Gasteiger partial charge is 0.305 e. The second-order valence-corrected chi connectivity index (χ2v) is 8.52. The molecule has 0 fully saturated rings.